The number of fused-ring (bicyclic) bond motifs is 3. The van der Waals surface area contributed by atoms with Crippen molar-refractivity contribution in [1.29, 1.82) is 0 Å². The van der Waals surface area contributed by atoms with E-state index in [0.717, 1.165) is 35.3 Å². The lowest BCUT2D eigenvalue weighted by atomic mass is 10.2. The van der Waals surface area contributed by atoms with Crippen molar-refractivity contribution in [2.45, 2.75) is 38.6 Å². The number of carbonyl (C=O) groups excluding carboxylic acids is 1. The van der Waals surface area contributed by atoms with Crippen molar-refractivity contribution in [3.63, 3.8) is 0 Å². The van der Waals surface area contributed by atoms with Crippen LogP contribution in [0.25, 0.3) is 10.2 Å². The number of hydrogen-bond donors (Lipinski definition) is 0. The second-order valence-corrected chi connectivity index (χ2v) is 8.57. The van der Waals surface area contributed by atoms with E-state index in [1.165, 1.54) is 17.6 Å². The Morgan fingerprint density at radius 1 is 1.16 bits per heavy atom. The molecule has 4 rings (SSSR count). The van der Waals surface area contributed by atoms with Crippen molar-refractivity contribution in [2.75, 3.05) is 27.4 Å². The number of aromatic nitrogens is 2. The summed E-state index contributed by atoms with van der Waals surface area (Å²) in [7, 11) is 3.01. The molecule has 0 saturated carbocycles. The summed E-state index contributed by atoms with van der Waals surface area (Å²) in [5.74, 6) is 1.06. The largest absolute Gasteiger partial charge is 0.494 e. The van der Waals surface area contributed by atoms with Crippen LogP contribution in [0.3, 0.4) is 0 Å². The number of rotatable bonds is 9. The van der Waals surface area contributed by atoms with Crippen LogP contribution in [0, 0.1) is 0 Å². The van der Waals surface area contributed by atoms with Crippen LogP contribution in [0.1, 0.15) is 39.5 Å². The van der Waals surface area contributed by atoms with Gasteiger partial charge in [-0.15, -0.1) is 11.3 Å². The second kappa shape index (κ2) is 9.62. The van der Waals surface area contributed by atoms with Crippen molar-refractivity contribution < 1.29 is 19.0 Å². The van der Waals surface area contributed by atoms with Crippen LogP contribution in [0.15, 0.2) is 29.1 Å². The first-order valence-corrected chi connectivity index (χ1v) is 11.3. The van der Waals surface area contributed by atoms with Gasteiger partial charge in [0.2, 0.25) is 0 Å². The lowest BCUT2D eigenvalue weighted by Gasteiger charge is -2.13. The first kappa shape index (κ1) is 21.5. The number of benzene rings is 1. The normalized spacial score (nSPS) is 12.8. The first-order chi connectivity index (χ1) is 15.1. The highest BCUT2D eigenvalue weighted by atomic mass is 32.1. The Kier molecular flexibility index (Phi) is 6.67. The fraction of sp³-hybridized carbons (Fsp3) is 0.435. The topological polar surface area (TPSA) is 79.6 Å². The zero-order valence-electron chi connectivity index (χ0n) is 17.8. The summed E-state index contributed by atoms with van der Waals surface area (Å²) in [5, 5.41) is 0.804. The molecule has 0 amide bonds. The van der Waals surface area contributed by atoms with Gasteiger partial charge < -0.3 is 14.2 Å². The van der Waals surface area contributed by atoms with Gasteiger partial charge in [-0.2, -0.15) is 0 Å². The quantitative estimate of drug-likeness (QED) is 0.373. The fourth-order valence-corrected chi connectivity index (χ4v) is 5.22. The summed E-state index contributed by atoms with van der Waals surface area (Å²) in [5.41, 5.74) is 1.73. The van der Waals surface area contributed by atoms with Gasteiger partial charge in [0.1, 0.15) is 16.4 Å². The highest BCUT2D eigenvalue weighted by Crippen LogP contribution is 2.34. The standard InChI is InChI=1S/C23H26N2O5S/c1-28-14-11-19-24-21-20(17-5-3-6-18(17)31-21)22(26)25(19)12-4-13-30-16-9-7-15(8-10-16)23(27)29-2/h7-10H,3-6,11-14H2,1-2H3. The van der Waals surface area contributed by atoms with Crippen LogP contribution in [0.4, 0.5) is 0 Å². The molecule has 0 saturated heterocycles. The van der Waals surface area contributed by atoms with Crippen molar-refractivity contribution in [2.24, 2.45) is 0 Å². The van der Waals surface area contributed by atoms with Gasteiger partial charge in [-0.25, -0.2) is 9.78 Å². The van der Waals surface area contributed by atoms with Crippen molar-refractivity contribution in [1.82, 2.24) is 9.55 Å². The van der Waals surface area contributed by atoms with Crippen LogP contribution < -0.4 is 10.3 Å². The molecule has 0 N–H and O–H groups in total. The maximum atomic E-state index is 13.3. The lowest BCUT2D eigenvalue weighted by Crippen LogP contribution is -2.27. The molecule has 164 valence electrons. The van der Waals surface area contributed by atoms with Gasteiger partial charge in [0.05, 0.1) is 31.3 Å². The SMILES string of the molecule is COCCc1nc2sc3c(c2c(=O)n1CCCOc1ccc(C(=O)OC)cc1)CCC3. The highest BCUT2D eigenvalue weighted by molar-refractivity contribution is 7.18. The molecule has 8 heteroatoms. The zero-order valence-corrected chi connectivity index (χ0v) is 18.6. The average Bonchev–Trinajstić information content (AvgIpc) is 3.37. The molecule has 0 atom stereocenters. The van der Waals surface area contributed by atoms with Crippen molar-refractivity contribution in [3.05, 3.63) is 56.4 Å². The number of methoxy groups -OCH3 is 2. The minimum Gasteiger partial charge on any atom is -0.494 e. The number of aryl methyl sites for hydroxylation is 2. The van der Waals surface area contributed by atoms with Crippen LogP contribution in [0.2, 0.25) is 0 Å². The Balaban J connectivity index is 1.47. The maximum Gasteiger partial charge on any atom is 0.337 e. The Labute approximate surface area is 184 Å². The summed E-state index contributed by atoms with van der Waals surface area (Å²) >= 11 is 1.66. The maximum absolute atomic E-state index is 13.3. The Bertz CT molecular complexity index is 1130. The van der Waals surface area contributed by atoms with E-state index in [1.807, 2.05) is 0 Å². The van der Waals surface area contributed by atoms with Crippen molar-refractivity contribution in [3.8, 4) is 5.75 Å². The highest BCUT2D eigenvalue weighted by Gasteiger charge is 2.23. The molecule has 2 heterocycles. The summed E-state index contributed by atoms with van der Waals surface area (Å²) in [6.07, 6.45) is 4.39. The molecule has 1 aromatic carbocycles. The van der Waals surface area contributed by atoms with E-state index >= 15 is 0 Å². The Morgan fingerprint density at radius 2 is 1.97 bits per heavy atom. The summed E-state index contributed by atoms with van der Waals surface area (Å²) in [4.78, 5) is 31.8. The summed E-state index contributed by atoms with van der Waals surface area (Å²) in [6, 6.07) is 6.82. The molecular formula is C23H26N2O5S. The molecule has 0 bridgehead atoms. The molecule has 1 aliphatic rings. The molecule has 2 aromatic heterocycles. The number of carbonyl (C=O) groups is 1. The lowest BCUT2D eigenvalue weighted by molar-refractivity contribution is 0.0600. The number of hydrogen-bond acceptors (Lipinski definition) is 7. The average molecular weight is 443 g/mol. The fourth-order valence-electron chi connectivity index (χ4n) is 3.95. The molecule has 0 aliphatic heterocycles. The third-order valence-corrected chi connectivity index (χ3v) is 6.69. The number of esters is 1. The van der Waals surface area contributed by atoms with E-state index in [1.54, 1.807) is 47.3 Å². The molecule has 7 nitrogen and oxygen atoms in total. The van der Waals surface area contributed by atoms with E-state index < -0.39 is 0 Å². The van der Waals surface area contributed by atoms with E-state index in [-0.39, 0.29) is 11.5 Å². The van der Waals surface area contributed by atoms with Gasteiger partial charge >= 0.3 is 5.97 Å². The molecule has 0 fully saturated rings. The van der Waals surface area contributed by atoms with E-state index in [9.17, 15) is 9.59 Å². The third-order valence-electron chi connectivity index (χ3n) is 5.50. The molecule has 1 aliphatic carbocycles. The predicted molar refractivity (Wildman–Crippen MR) is 119 cm³/mol. The third kappa shape index (κ3) is 4.50. The second-order valence-electron chi connectivity index (χ2n) is 7.48. The van der Waals surface area contributed by atoms with Gasteiger partial charge in [0.15, 0.2) is 0 Å². The number of ether oxygens (including phenoxy) is 3. The summed E-state index contributed by atoms with van der Waals surface area (Å²) < 4.78 is 17.5. The monoisotopic (exact) mass is 442 g/mol. The molecular weight excluding hydrogens is 416 g/mol. The molecule has 3 aromatic rings. The smallest absolute Gasteiger partial charge is 0.337 e. The predicted octanol–water partition coefficient (Wildman–Crippen LogP) is 3.39. The minimum atomic E-state index is -0.377. The summed E-state index contributed by atoms with van der Waals surface area (Å²) in [6.45, 7) is 1.51. The Morgan fingerprint density at radius 3 is 2.71 bits per heavy atom. The van der Waals surface area contributed by atoms with Crippen LogP contribution in [0.5, 0.6) is 5.75 Å². The van der Waals surface area contributed by atoms with Gasteiger partial charge in [-0.05, 0) is 55.5 Å². The molecule has 0 spiro atoms. The van der Waals surface area contributed by atoms with Gasteiger partial charge in [0, 0.05) is 25.0 Å². The Hall–Kier alpha value is -2.71. The van der Waals surface area contributed by atoms with Crippen LogP contribution >= 0.6 is 11.3 Å². The zero-order chi connectivity index (χ0) is 21.8. The van der Waals surface area contributed by atoms with Gasteiger partial charge in [-0.3, -0.25) is 9.36 Å². The van der Waals surface area contributed by atoms with E-state index in [4.69, 9.17) is 19.2 Å². The molecule has 31 heavy (non-hydrogen) atoms. The van der Waals surface area contributed by atoms with Crippen LogP contribution in [-0.4, -0.2) is 43.0 Å². The van der Waals surface area contributed by atoms with E-state index in [0.29, 0.717) is 43.9 Å². The molecule has 0 unspecified atom stereocenters. The molecule has 0 radical (unpaired) electrons. The van der Waals surface area contributed by atoms with E-state index in [2.05, 4.69) is 0 Å². The van der Waals surface area contributed by atoms with Crippen LogP contribution in [-0.2, 0) is 35.3 Å². The first-order valence-electron chi connectivity index (χ1n) is 10.5. The minimum absolute atomic E-state index is 0.0536. The van der Waals surface area contributed by atoms with Crippen molar-refractivity contribution >= 4 is 27.5 Å². The van der Waals surface area contributed by atoms with Gasteiger partial charge in [-0.1, -0.05) is 0 Å². The van der Waals surface area contributed by atoms with Gasteiger partial charge in [0.25, 0.3) is 5.56 Å². The number of thiophene rings is 1. The number of nitrogens with zero attached hydrogens (tertiary/aromatic N) is 2.